The molecule has 0 radical (unpaired) electrons. The van der Waals surface area contributed by atoms with Crippen molar-refractivity contribution in [2.75, 3.05) is 6.61 Å². The molecule has 0 fully saturated rings. The fraction of sp³-hybridized carbons (Fsp3) is 0.375. The lowest BCUT2D eigenvalue weighted by Gasteiger charge is -2.22. The third-order valence-corrected chi connectivity index (χ3v) is 3.74. The van der Waals surface area contributed by atoms with E-state index in [1.807, 2.05) is 51.1 Å². The molecule has 1 aromatic carbocycles. The number of hydrogen-bond donors (Lipinski definition) is 2. The second-order valence-corrected chi connectivity index (χ2v) is 5.98. The maximum Gasteiger partial charge on any atom is 0.134 e. The molecule has 2 rings (SSSR count). The number of halogens is 1. The molecule has 0 spiro atoms. The van der Waals surface area contributed by atoms with Crippen molar-refractivity contribution < 1.29 is 9.52 Å². The van der Waals surface area contributed by atoms with Gasteiger partial charge in [-0.15, -0.1) is 0 Å². The summed E-state index contributed by atoms with van der Waals surface area (Å²) >= 11 is 6.13. The second kappa shape index (κ2) is 6.00. The van der Waals surface area contributed by atoms with Crippen LogP contribution in [0, 0.1) is 6.92 Å². The minimum Gasteiger partial charge on any atom is -0.460 e. The molecule has 0 amide bonds. The van der Waals surface area contributed by atoms with Crippen LogP contribution in [0.3, 0.4) is 0 Å². The summed E-state index contributed by atoms with van der Waals surface area (Å²) in [6, 6.07) is 9.67. The van der Waals surface area contributed by atoms with Crippen LogP contribution >= 0.6 is 11.6 Å². The third kappa shape index (κ3) is 3.42. The van der Waals surface area contributed by atoms with E-state index in [1.165, 1.54) is 0 Å². The van der Waals surface area contributed by atoms with Crippen molar-refractivity contribution in [3.63, 3.8) is 0 Å². The van der Waals surface area contributed by atoms with Crippen molar-refractivity contribution in [1.82, 2.24) is 5.32 Å². The van der Waals surface area contributed by atoms with Crippen LogP contribution in [0.1, 0.15) is 25.2 Å². The van der Waals surface area contributed by atoms with E-state index in [0.29, 0.717) is 6.54 Å². The first-order valence-corrected chi connectivity index (χ1v) is 7.01. The zero-order valence-electron chi connectivity index (χ0n) is 12.0. The number of furan rings is 1. The van der Waals surface area contributed by atoms with Gasteiger partial charge < -0.3 is 14.8 Å². The zero-order chi connectivity index (χ0) is 14.8. The van der Waals surface area contributed by atoms with Crippen LogP contribution in [0.5, 0.6) is 0 Å². The highest BCUT2D eigenvalue weighted by atomic mass is 35.5. The first-order valence-electron chi connectivity index (χ1n) is 6.63. The highest BCUT2D eigenvalue weighted by Crippen LogP contribution is 2.29. The average Bonchev–Trinajstić information content (AvgIpc) is 2.88. The van der Waals surface area contributed by atoms with E-state index in [1.54, 1.807) is 0 Å². The van der Waals surface area contributed by atoms with Gasteiger partial charge in [0.1, 0.15) is 11.5 Å². The Hall–Kier alpha value is -1.29. The lowest BCUT2D eigenvalue weighted by Crippen LogP contribution is -2.41. The molecular formula is C16H20ClNO2. The quantitative estimate of drug-likeness (QED) is 0.882. The Morgan fingerprint density at radius 1 is 1.25 bits per heavy atom. The second-order valence-electron chi connectivity index (χ2n) is 5.57. The van der Waals surface area contributed by atoms with E-state index in [-0.39, 0.29) is 12.1 Å². The van der Waals surface area contributed by atoms with E-state index in [0.717, 1.165) is 27.7 Å². The summed E-state index contributed by atoms with van der Waals surface area (Å²) in [6.07, 6.45) is 0. The van der Waals surface area contributed by atoms with Crippen LogP contribution in [0.2, 0.25) is 5.02 Å². The van der Waals surface area contributed by atoms with E-state index in [4.69, 9.17) is 16.0 Å². The van der Waals surface area contributed by atoms with Gasteiger partial charge in [0.15, 0.2) is 0 Å². The largest absolute Gasteiger partial charge is 0.460 e. The van der Waals surface area contributed by atoms with Gasteiger partial charge in [-0.1, -0.05) is 23.7 Å². The smallest absolute Gasteiger partial charge is 0.134 e. The lowest BCUT2D eigenvalue weighted by molar-refractivity contribution is 0.184. The van der Waals surface area contributed by atoms with Crippen LogP contribution < -0.4 is 5.32 Å². The number of hydrogen-bond acceptors (Lipinski definition) is 3. The van der Waals surface area contributed by atoms with Crippen molar-refractivity contribution in [3.8, 4) is 11.3 Å². The summed E-state index contributed by atoms with van der Waals surface area (Å²) in [5.74, 6) is 1.64. The van der Waals surface area contributed by atoms with Crippen molar-refractivity contribution in [1.29, 1.82) is 0 Å². The van der Waals surface area contributed by atoms with Crippen molar-refractivity contribution >= 4 is 11.6 Å². The number of aliphatic hydroxyl groups excluding tert-OH is 1. The predicted octanol–water partition coefficient (Wildman–Crippen LogP) is 3.77. The molecule has 0 aliphatic heterocycles. The van der Waals surface area contributed by atoms with Gasteiger partial charge >= 0.3 is 0 Å². The van der Waals surface area contributed by atoms with Gasteiger partial charge in [-0.05, 0) is 44.5 Å². The van der Waals surface area contributed by atoms with Crippen LogP contribution in [0.25, 0.3) is 11.3 Å². The van der Waals surface area contributed by atoms with Gasteiger partial charge in [0.05, 0.1) is 13.2 Å². The Balaban J connectivity index is 2.15. The summed E-state index contributed by atoms with van der Waals surface area (Å²) < 4.78 is 5.84. The minimum absolute atomic E-state index is 0.0773. The van der Waals surface area contributed by atoms with Gasteiger partial charge in [-0.2, -0.15) is 0 Å². The molecule has 2 N–H and O–H groups in total. The molecule has 20 heavy (non-hydrogen) atoms. The van der Waals surface area contributed by atoms with Gasteiger partial charge in [0.2, 0.25) is 0 Å². The van der Waals surface area contributed by atoms with E-state index < -0.39 is 0 Å². The number of aliphatic hydroxyl groups is 1. The van der Waals surface area contributed by atoms with Gasteiger partial charge in [0, 0.05) is 16.1 Å². The molecule has 0 bridgehead atoms. The molecule has 1 aromatic heterocycles. The molecule has 4 heteroatoms. The summed E-state index contributed by atoms with van der Waals surface area (Å²) in [4.78, 5) is 0. The highest BCUT2D eigenvalue weighted by Gasteiger charge is 2.16. The van der Waals surface area contributed by atoms with Crippen molar-refractivity contribution in [3.05, 3.63) is 46.7 Å². The maximum atomic E-state index is 9.21. The lowest BCUT2D eigenvalue weighted by atomic mass is 10.1. The normalized spacial score (nSPS) is 11.8. The Morgan fingerprint density at radius 3 is 2.70 bits per heavy atom. The number of benzene rings is 1. The summed E-state index contributed by atoms with van der Waals surface area (Å²) in [5, 5.41) is 13.2. The molecular weight excluding hydrogens is 274 g/mol. The Labute approximate surface area is 124 Å². The van der Waals surface area contributed by atoms with Gasteiger partial charge in [-0.25, -0.2) is 0 Å². The molecule has 108 valence electrons. The van der Waals surface area contributed by atoms with Crippen LogP contribution in [0.4, 0.5) is 0 Å². The molecule has 0 aliphatic rings. The Bertz CT molecular complexity index is 590. The number of nitrogens with one attached hydrogen (secondary N) is 1. The average molecular weight is 294 g/mol. The molecule has 2 aromatic rings. The maximum absolute atomic E-state index is 9.21. The molecule has 3 nitrogen and oxygen atoms in total. The van der Waals surface area contributed by atoms with E-state index in [2.05, 4.69) is 5.32 Å². The topological polar surface area (TPSA) is 45.4 Å². The fourth-order valence-corrected chi connectivity index (χ4v) is 2.05. The molecule has 0 saturated carbocycles. The van der Waals surface area contributed by atoms with Gasteiger partial charge in [-0.3, -0.25) is 0 Å². The number of rotatable bonds is 5. The highest BCUT2D eigenvalue weighted by molar-refractivity contribution is 6.31. The molecule has 0 atom stereocenters. The van der Waals surface area contributed by atoms with E-state index >= 15 is 0 Å². The minimum atomic E-state index is -0.321. The predicted molar refractivity (Wildman–Crippen MR) is 81.9 cm³/mol. The van der Waals surface area contributed by atoms with Crippen LogP contribution in [0.15, 0.2) is 34.7 Å². The third-order valence-electron chi connectivity index (χ3n) is 3.33. The molecule has 0 aliphatic carbocycles. The van der Waals surface area contributed by atoms with Crippen LogP contribution in [-0.4, -0.2) is 17.3 Å². The molecule has 0 saturated heterocycles. The zero-order valence-corrected chi connectivity index (χ0v) is 12.8. The Morgan fingerprint density at radius 2 is 2.00 bits per heavy atom. The first kappa shape index (κ1) is 15.1. The fourth-order valence-electron chi connectivity index (χ4n) is 1.87. The summed E-state index contributed by atoms with van der Waals surface area (Å²) in [6.45, 7) is 6.52. The van der Waals surface area contributed by atoms with Crippen molar-refractivity contribution in [2.24, 2.45) is 0 Å². The molecule has 0 unspecified atom stereocenters. The van der Waals surface area contributed by atoms with Gasteiger partial charge in [0.25, 0.3) is 0 Å². The SMILES string of the molecule is Cc1c(Cl)cccc1-c1ccc(CNC(C)(C)CO)o1. The monoisotopic (exact) mass is 293 g/mol. The van der Waals surface area contributed by atoms with Crippen molar-refractivity contribution in [2.45, 2.75) is 32.9 Å². The van der Waals surface area contributed by atoms with E-state index in [9.17, 15) is 5.11 Å². The Kier molecular flexibility index (Phi) is 4.53. The molecule has 1 heterocycles. The summed E-state index contributed by atoms with van der Waals surface area (Å²) in [7, 11) is 0. The van der Waals surface area contributed by atoms with Crippen LogP contribution in [-0.2, 0) is 6.54 Å². The standard InChI is InChI=1S/C16H20ClNO2/c1-11-13(5-4-6-14(11)17)15-8-7-12(20-15)9-18-16(2,3)10-19/h4-8,18-19H,9-10H2,1-3H3. The first-order chi connectivity index (χ1) is 9.43. The summed E-state index contributed by atoms with van der Waals surface area (Å²) in [5.41, 5.74) is 1.70.